The van der Waals surface area contributed by atoms with Gasteiger partial charge in [0.05, 0.1) is 11.5 Å². The van der Waals surface area contributed by atoms with E-state index >= 15 is 0 Å². The summed E-state index contributed by atoms with van der Waals surface area (Å²) in [7, 11) is -0.986. The zero-order valence-electron chi connectivity index (χ0n) is 12.3. The predicted octanol–water partition coefficient (Wildman–Crippen LogP) is -0.176. The van der Waals surface area contributed by atoms with Gasteiger partial charge in [0.2, 0.25) is 0 Å². The fraction of sp³-hybridized carbons (Fsp3) is 0.923. The molecule has 0 amide bonds. The first kappa shape index (κ1) is 15.6. The van der Waals surface area contributed by atoms with Crippen LogP contribution in [0.2, 0.25) is 0 Å². The smallest absolute Gasteiger partial charge is 0.191 e. The second kappa shape index (κ2) is 7.26. The van der Waals surface area contributed by atoms with Crippen molar-refractivity contribution in [2.45, 2.75) is 31.7 Å². The zero-order chi connectivity index (χ0) is 14.4. The first-order chi connectivity index (χ1) is 9.59. The van der Waals surface area contributed by atoms with Gasteiger partial charge in [0.25, 0.3) is 0 Å². The molecule has 1 aliphatic heterocycles. The van der Waals surface area contributed by atoms with Gasteiger partial charge in [-0.1, -0.05) is 12.8 Å². The van der Waals surface area contributed by atoms with Crippen LogP contribution in [0, 0.1) is 0 Å². The molecule has 116 valence electrons. The van der Waals surface area contributed by atoms with E-state index in [1.165, 1.54) is 25.7 Å². The summed E-state index contributed by atoms with van der Waals surface area (Å²) in [6, 6.07) is 0.557. The lowest BCUT2D eigenvalue weighted by molar-refractivity contribution is 0.299. The van der Waals surface area contributed by atoms with Crippen LogP contribution in [-0.4, -0.2) is 70.1 Å². The van der Waals surface area contributed by atoms with E-state index in [4.69, 9.17) is 0 Å². The van der Waals surface area contributed by atoms with E-state index < -0.39 is 9.84 Å². The van der Waals surface area contributed by atoms with Gasteiger partial charge in [0.15, 0.2) is 15.8 Å². The maximum absolute atomic E-state index is 11.3. The second-order valence-corrected chi connectivity index (χ2v) is 7.92. The normalized spacial score (nSPS) is 24.8. The molecule has 2 N–H and O–H groups in total. The van der Waals surface area contributed by atoms with Gasteiger partial charge in [-0.15, -0.1) is 0 Å². The SMILES string of the molecule is CN=C(NCCN1CCS(=O)(=O)CC1)NC1CCCC1. The Bertz CT molecular complexity index is 416. The minimum atomic E-state index is -2.78. The molecule has 2 aliphatic rings. The van der Waals surface area contributed by atoms with Crippen LogP contribution in [0.25, 0.3) is 0 Å². The first-order valence-corrected chi connectivity index (χ1v) is 9.31. The summed E-state index contributed by atoms with van der Waals surface area (Å²) < 4.78 is 22.7. The third-order valence-corrected chi connectivity index (χ3v) is 5.69. The van der Waals surface area contributed by atoms with E-state index in [1.807, 2.05) is 0 Å². The van der Waals surface area contributed by atoms with Crippen molar-refractivity contribution in [3.63, 3.8) is 0 Å². The van der Waals surface area contributed by atoms with Crippen LogP contribution in [-0.2, 0) is 9.84 Å². The largest absolute Gasteiger partial charge is 0.355 e. The van der Waals surface area contributed by atoms with Crippen LogP contribution in [0.3, 0.4) is 0 Å². The standard InChI is InChI=1S/C13H26N4O2S/c1-14-13(16-12-4-2-3-5-12)15-6-7-17-8-10-20(18,19)11-9-17/h12H,2-11H2,1H3,(H2,14,15,16). The van der Waals surface area contributed by atoms with E-state index in [-0.39, 0.29) is 0 Å². The van der Waals surface area contributed by atoms with Gasteiger partial charge in [-0.3, -0.25) is 9.89 Å². The lowest BCUT2D eigenvalue weighted by Gasteiger charge is -2.27. The highest BCUT2D eigenvalue weighted by atomic mass is 32.2. The molecule has 0 aromatic heterocycles. The average molecular weight is 302 g/mol. The number of hydrogen-bond acceptors (Lipinski definition) is 4. The third-order valence-electron chi connectivity index (χ3n) is 4.08. The number of nitrogens with one attached hydrogen (secondary N) is 2. The van der Waals surface area contributed by atoms with Gasteiger partial charge in [-0.2, -0.15) is 0 Å². The summed E-state index contributed by atoms with van der Waals surface area (Å²) in [4.78, 5) is 6.43. The third kappa shape index (κ3) is 4.94. The number of sulfone groups is 1. The number of rotatable bonds is 4. The van der Waals surface area contributed by atoms with E-state index in [9.17, 15) is 8.42 Å². The van der Waals surface area contributed by atoms with E-state index in [0.29, 0.717) is 30.6 Å². The Balaban J connectivity index is 1.64. The Morgan fingerprint density at radius 3 is 2.50 bits per heavy atom. The van der Waals surface area contributed by atoms with Gasteiger partial charge in [0, 0.05) is 39.3 Å². The van der Waals surface area contributed by atoms with Gasteiger partial charge in [-0.05, 0) is 12.8 Å². The second-order valence-electron chi connectivity index (χ2n) is 5.62. The van der Waals surface area contributed by atoms with Crippen molar-refractivity contribution in [1.82, 2.24) is 15.5 Å². The zero-order valence-corrected chi connectivity index (χ0v) is 13.1. The minimum Gasteiger partial charge on any atom is -0.355 e. The molecular formula is C13H26N4O2S. The monoisotopic (exact) mass is 302 g/mol. The highest BCUT2D eigenvalue weighted by Crippen LogP contribution is 2.17. The Labute approximate surface area is 121 Å². The van der Waals surface area contributed by atoms with Crippen molar-refractivity contribution < 1.29 is 8.42 Å². The Morgan fingerprint density at radius 2 is 1.90 bits per heavy atom. The van der Waals surface area contributed by atoms with Crippen molar-refractivity contribution in [3.05, 3.63) is 0 Å². The number of guanidine groups is 1. The molecular weight excluding hydrogens is 276 g/mol. The quantitative estimate of drug-likeness (QED) is 0.557. The molecule has 6 nitrogen and oxygen atoms in total. The van der Waals surface area contributed by atoms with Crippen molar-refractivity contribution >= 4 is 15.8 Å². The van der Waals surface area contributed by atoms with Crippen molar-refractivity contribution in [2.24, 2.45) is 4.99 Å². The number of nitrogens with zero attached hydrogens (tertiary/aromatic N) is 2. The maximum Gasteiger partial charge on any atom is 0.191 e. The highest BCUT2D eigenvalue weighted by Gasteiger charge is 2.21. The molecule has 1 heterocycles. The molecule has 7 heteroatoms. The molecule has 20 heavy (non-hydrogen) atoms. The van der Waals surface area contributed by atoms with Crippen LogP contribution in [0.1, 0.15) is 25.7 Å². The fourth-order valence-electron chi connectivity index (χ4n) is 2.76. The summed E-state index contributed by atoms with van der Waals surface area (Å²) in [6.07, 6.45) is 5.06. The van der Waals surface area contributed by atoms with Crippen molar-refractivity contribution in [2.75, 3.05) is 44.7 Å². The number of aliphatic imine (C=N–C) groups is 1. The molecule has 0 radical (unpaired) electrons. The van der Waals surface area contributed by atoms with Crippen LogP contribution in [0.15, 0.2) is 4.99 Å². The lowest BCUT2D eigenvalue weighted by Crippen LogP contribution is -2.47. The Morgan fingerprint density at radius 1 is 1.25 bits per heavy atom. The summed E-state index contributed by atoms with van der Waals surface area (Å²) >= 11 is 0. The van der Waals surface area contributed by atoms with Crippen molar-refractivity contribution in [1.29, 1.82) is 0 Å². The van der Waals surface area contributed by atoms with Gasteiger partial charge in [0.1, 0.15) is 0 Å². The van der Waals surface area contributed by atoms with Crippen molar-refractivity contribution in [3.8, 4) is 0 Å². The average Bonchev–Trinajstić information content (AvgIpc) is 2.92. The topological polar surface area (TPSA) is 73.8 Å². The molecule has 1 aliphatic carbocycles. The summed E-state index contributed by atoms with van der Waals surface area (Å²) in [5, 5.41) is 6.75. The summed E-state index contributed by atoms with van der Waals surface area (Å²) in [5.41, 5.74) is 0. The Kier molecular flexibility index (Phi) is 5.65. The highest BCUT2D eigenvalue weighted by molar-refractivity contribution is 7.91. The Hall–Kier alpha value is -0.820. The van der Waals surface area contributed by atoms with Crippen LogP contribution >= 0.6 is 0 Å². The molecule has 0 aromatic carbocycles. The van der Waals surface area contributed by atoms with E-state index in [2.05, 4.69) is 20.5 Å². The number of hydrogen-bond donors (Lipinski definition) is 2. The molecule has 0 aromatic rings. The molecule has 0 unspecified atom stereocenters. The minimum absolute atomic E-state index is 0.294. The molecule has 0 bridgehead atoms. The van der Waals surface area contributed by atoms with Gasteiger partial charge in [-0.25, -0.2) is 8.42 Å². The molecule has 0 atom stereocenters. The molecule has 2 rings (SSSR count). The van der Waals surface area contributed by atoms with Gasteiger partial charge < -0.3 is 10.6 Å². The van der Waals surface area contributed by atoms with Crippen LogP contribution < -0.4 is 10.6 Å². The lowest BCUT2D eigenvalue weighted by atomic mass is 10.2. The summed E-state index contributed by atoms with van der Waals surface area (Å²) in [5.74, 6) is 1.45. The van der Waals surface area contributed by atoms with Gasteiger partial charge >= 0.3 is 0 Å². The molecule has 1 saturated carbocycles. The fourth-order valence-corrected chi connectivity index (χ4v) is 4.04. The predicted molar refractivity (Wildman–Crippen MR) is 81.8 cm³/mol. The molecule has 1 saturated heterocycles. The first-order valence-electron chi connectivity index (χ1n) is 7.49. The van der Waals surface area contributed by atoms with E-state index in [1.54, 1.807) is 7.05 Å². The summed E-state index contributed by atoms with van der Waals surface area (Å²) in [6.45, 7) is 2.96. The van der Waals surface area contributed by atoms with Crippen LogP contribution in [0.5, 0.6) is 0 Å². The molecule has 2 fully saturated rings. The molecule has 0 spiro atoms. The maximum atomic E-state index is 11.3. The van der Waals surface area contributed by atoms with E-state index in [0.717, 1.165) is 19.0 Å². The van der Waals surface area contributed by atoms with Crippen LogP contribution in [0.4, 0.5) is 0 Å².